The molecule has 0 spiro atoms. The first-order valence-electron chi connectivity index (χ1n) is 7.49. The van der Waals surface area contributed by atoms with Gasteiger partial charge in [0.05, 0.1) is 19.4 Å². The van der Waals surface area contributed by atoms with Crippen LogP contribution in [0.4, 0.5) is 5.69 Å². The number of carbonyl (C=O) groups is 2. The van der Waals surface area contributed by atoms with Crippen molar-refractivity contribution >= 4 is 17.6 Å². The van der Waals surface area contributed by atoms with Crippen molar-refractivity contribution in [3.63, 3.8) is 0 Å². The molecule has 24 heavy (non-hydrogen) atoms. The lowest BCUT2D eigenvalue weighted by molar-refractivity contribution is -0.137. The van der Waals surface area contributed by atoms with E-state index in [4.69, 9.17) is 14.6 Å². The molecule has 0 saturated carbocycles. The monoisotopic (exact) mass is 329 g/mol. The van der Waals surface area contributed by atoms with Crippen LogP contribution >= 0.6 is 0 Å². The van der Waals surface area contributed by atoms with Crippen LogP contribution in [0, 0.1) is 0 Å². The van der Waals surface area contributed by atoms with Gasteiger partial charge in [-0.15, -0.1) is 0 Å². The third-order valence-corrected chi connectivity index (χ3v) is 3.28. The second-order valence-corrected chi connectivity index (χ2v) is 5.02. The van der Waals surface area contributed by atoms with Crippen molar-refractivity contribution in [3.8, 4) is 11.5 Å². The van der Waals surface area contributed by atoms with Gasteiger partial charge in [0.2, 0.25) is 0 Å². The third kappa shape index (κ3) is 5.01. The summed E-state index contributed by atoms with van der Waals surface area (Å²) in [6.45, 7) is 0.319. The predicted octanol–water partition coefficient (Wildman–Crippen LogP) is 3.19. The molecule has 2 N–H and O–H groups in total. The Hall–Kier alpha value is -3.02. The van der Waals surface area contributed by atoms with Gasteiger partial charge in [0, 0.05) is 12.0 Å². The van der Waals surface area contributed by atoms with Gasteiger partial charge in [0.15, 0.2) is 0 Å². The second kappa shape index (κ2) is 8.57. The van der Waals surface area contributed by atoms with Gasteiger partial charge in [-0.25, -0.2) is 0 Å². The number of hydrogen-bond donors (Lipinski definition) is 2. The van der Waals surface area contributed by atoms with E-state index in [1.807, 2.05) is 12.1 Å². The normalized spacial score (nSPS) is 10.0. The average Bonchev–Trinajstić information content (AvgIpc) is 2.59. The van der Waals surface area contributed by atoms with Crippen molar-refractivity contribution < 1.29 is 24.2 Å². The zero-order valence-electron chi connectivity index (χ0n) is 13.3. The van der Waals surface area contributed by atoms with Crippen LogP contribution < -0.4 is 14.8 Å². The van der Waals surface area contributed by atoms with Crippen LogP contribution in [0.25, 0.3) is 0 Å². The number of carboxylic acid groups (broad SMARTS) is 1. The van der Waals surface area contributed by atoms with Crippen molar-refractivity contribution in [1.82, 2.24) is 0 Å². The number of nitrogens with one attached hydrogen (secondary N) is 1. The molecule has 0 unspecified atom stereocenters. The molecule has 2 aromatic rings. The van der Waals surface area contributed by atoms with E-state index >= 15 is 0 Å². The van der Waals surface area contributed by atoms with Crippen LogP contribution in [0.3, 0.4) is 0 Å². The lowest BCUT2D eigenvalue weighted by Crippen LogP contribution is -2.12. The van der Waals surface area contributed by atoms with Gasteiger partial charge in [-0.3, -0.25) is 9.59 Å². The minimum atomic E-state index is -0.845. The Morgan fingerprint density at radius 1 is 1.08 bits per heavy atom. The van der Waals surface area contributed by atoms with Gasteiger partial charge in [-0.2, -0.15) is 0 Å². The van der Waals surface area contributed by atoms with Crippen molar-refractivity contribution in [2.24, 2.45) is 0 Å². The molecule has 0 radical (unpaired) electrons. The van der Waals surface area contributed by atoms with E-state index in [9.17, 15) is 9.59 Å². The Morgan fingerprint density at radius 3 is 2.46 bits per heavy atom. The van der Waals surface area contributed by atoms with E-state index in [1.165, 1.54) is 0 Å². The predicted molar refractivity (Wildman–Crippen MR) is 89.8 cm³/mol. The fraction of sp³-hybridized carbons (Fsp3) is 0.222. The molecule has 6 heteroatoms. The summed E-state index contributed by atoms with van der Waals surface area (Å²) in [7, 11) is 1.54. The number of carboxylic acids is 1. The Labute approximate surface area is 140 Å². The molecular formula is C18H19NO5. The van der Waals surface area contributed by atoms with Crippen LogP contribution in [-0.2, 0) is 4.79 Å². The maximum absolute atomic E-state index is 12.3. The topological polar surface area (TPSA) is 84.9 Å². The highest BCUT2D eigenvalue weighted by molar-refractivity contribution is 6.05. The van der Waals surface area contributed by atoms with E-state index in [2.05, 4.69) is 5.32 Å². The number of amides is 1. The Balaban J connectivity index is 1.92. The molecule has 0 aromatic heterocycles. The van der Waals surface area contributed by atoms with Gasteiger partial charge in [-0.1, -0.05) is 12.1 Å². The summed E-state index contributed by atoms with van der Waals surface area (Å²) in [6.07, 6.45) is 0.505. The van der Waals surface area contributed by atoms with Gasteiger partial charge in [-0.05, 0) is 42.8 Å². The van der Waals surface area contributed by atoms with Crippen molar-refractivity contribution in [2.45, 2.75) is 12.8 Å². The first kappa shape index (κ1) is 17.3. The standard InChI is InChI=1S/C18H19NO5/c1-23-16-6-3-2-5-15(16)19-18(22)13-8-10-14(11-9-13)24-12-4-7-17(20)21/h2-3,5-6,8-11H,4,7,12H2,1H3,(H,19,22)(H,20,21). The van der Waals surface area contributed by atoms with Crippen molar-refractivity contribution in [1.29, 1.82) is 0 Å². The summed E-state index contributed by atoms with van der Waals surface area (Å²) < 4.78 is 10.6. The molecule has 0 atom stereocenters. The minimum Gasteiger partial charge on any atom is -0.495 e. The van der Waals surface area contributed by atoms with Gasteiger partial charge < -0.3 is 19.9 Å². The fourth-order valence-electron chi connectivity index (χ4n) is 2.06. The molecule has 1 amide bonds. The summed E-state index contributed by atoms with van der Waals surface area (Å²) in [5, 5.41) is 11.3. The number of ether oxygens (including phenoxy) is 2. The Morgan fingerprint density at radius 2 is 1.79 bits per heavy atom. The summed E-state index contributed by atoms with van der Waals surface area (Å²) in [4.78, 5) is 22.7. The maximum Gasteiger partial charge on any atom is 0.303 e. The molecule has 126 valence electrons. The van der Waals surface area contributed by atoms with E-state index in [0.29, 0.717) is 35.8 Å². The highest BCUT2D eigenvalue weighted by atomic mass is 16.5. The van der Waals surface area contributed by atoms with E-state index in [-0.39, 0.29) is 12.3 Å². The van der Waals surface area contributed by atoms with E-state index < -0.39 is 5.97 Å². The molecule has 0 bridgehead atoms. The fourth-order valence-corrected chi connectivity index (χ4v) is 2.06. The SMILES string of the molecule is COc1ccccc1NC(=O)c1ccc(OCCCC(=O)O)cc1. The summed E-state index contributed by atoms with van der Waals surface area (Å²) in [6, 6.07) is 13.8. The molecule has 0 heterocycles. The van der Waals surface area contributed by atoms with Gasteiger partial charge in [0.25, 0.3) is 5.91 Å². The lowest BCUT2D eigenvalue weighted by Gasteiger charge is -2.10. The number of aliphatic carboxylic acids is 1. The van der Waals surface area contributed by atoms with Crippen molar-refractivity contribution in [2.75, 3.05) is 19.0 Å². The van der Waals surface area contributed by atoms with Crippen molar-refractivity contribution in [3.05, 3.63) is 54.1 Å². The first-order chi connectivity index (χ1) is 11.6. The molecule has 0 saturated heterocycles. The number of rotatable bonds is 8. The summed E-state index contributed by atoms with van der Waals surface area (Å²) in [5.74, 6) is 0.0809. The smallest absolute Gasteiger partial charge is 0.303 e. The second-order valence-electron chi connectivity index (χ2n) is 5.02. The number of para-hydroxylation sites is 2. The first-order valence-corrected chi connectivity index (χ1v) is 7.49. The van der Waals surface area contributed by atoms with E-state index in [1.54, 1.807) is 43.5 Å². The molecule has 0 aliphatic rings. The maximum atomic E-state index is 12.3. The molecule has 0 aliphatic carbocycles. The average molecular weight is 329 g/mol. The van der Waals surface area contributed by atoms with Gasteiger partial charge >= 0.3 is 5.97 Å². The van der Waals surface area contributed by atoms with Crippen LogP contribution in [-0.4, -0.2) is 30.7 Å². The number of methoxy groups -OCH3 is 1. The summed E-state index contributed by atoms with van der Waals surface area (Å²) in [5.41, 5.74) is 1.08. The molecule has 0 aliphatic heterocycles. The van der Waals surface area contributed by atoms with Crippen LogP contribution in [0.5, 0.6) is 11.5 Å². The molecule has 2 aromatic carbocycles. The van der Waals surface area contributed by atoms with Gasteiger partial charge in [0.1, 0.15) is 11.5 Å². The minimum absolute atomic E-state index is 0.0688. The number of anilines is 1. The largest absolute Gasteiger partial charge is 0.495 e. The quantitative estimate of drug-likeness (QED) is 0.727. The number of hydrogen-bond acceptors (Lipinski definition) is 4. The van der Waals surface area contributed by atoms with Crippen LogP contribution in [0.15, 0.2) is 48.5 Å². The number of benzene rings is 2. The zero-order chi connectivity index (χ0) is 17.4. The van der Waals surface area contributed by atoms with Crippen LogP contribution in [0.1, 0.15) is 23.2 Å². The summed E-state index contributed by atoms with van der Waals surface area (Å²) >= 11 is 0. The van der Waals surface area contributed by atoms with Crippen LogP contribution in [0.2, 0.25) is 0 Å². The third-order valence-electron chi connectivity index (χ3n) is 3.28. The highest BCUT2D eigenvalue weighted by Gasteiger charge is 2.09. The molecular weight excluding hydrogens is 310 g/mol. The highest BCUT2D eigenvalue weighted by Crippen LogP contribution is 2.24. The lowest BCUT2D eigenvalue weighted by atomic mass is 10.2. The molecule has 0 fully saturated rings. The Bertz CT molecular complexity index is 697. The molecule has 2 rings (SSSR count). The number of carbonyl (C=O) groups excluding carboxylic acids is 1. The van der Waals surface area contributed by atoms with E-state index in [0.717, 1.165) is 0 Å². The zero-order valence-corrected chi connectivity index (χ0v) is 13.3. The Kier molecular flexibility index (Phi) is 6.19. The molecule has 6 nitrogen and oxygen atoms in total.